The number of aromatic nitrogens is 3. The van der Waals surface area contributed by atoms with Crippen LogP contribution in [0.25, 0.3) is 0 Å². The number of carbonyl (C=O) groups is 1. The monoisotopic (exact) mass is 385 g/mol. The van der Waals surface area contributed by atoms with Gasteiger partial charge in [0.1, 0.15) is 11.6 Å². The summed E-state index contributed by atoms with van der Waals surface area (Å²) in [6.45, 7) is -0.0300. The lowest BCUT2D eigenvalue weighted by molar-refractivity contribution is 0.00392. The van der Waals surface area contributed by atoms with E-state index in [1.807, 2.05) is 0 Å². The lowest BCUT2D eigenvalue weighted by atomic mass is 10.1. The maximum Gasteiger partial charge on any atom is 0.507 e. The molecule has 0 saturated heterocycles. The molecule has 23 heavy (non-hydrogen) atoms. The highest BCUT2D eigenvalue weighted by atomic mass is 79.9. The van der Waals surface area contributed by atoms with Crippen LogP contribution in [0.1, 0.15) is 30.5 Å². The third-order valence-electron chi connectivity index (χ3n) is 3.65. The van der Waals surface area contributed by atoms with E-state index in [9.17, 15) is 14.0 Å². The van der Waals surface area contributed by atoms with E-state index in [0.29, 0.717) is 35.1 Å². The first-order valence-corrected chi connectivity index (χ1v) is 7.76. The molecule has 0 spiro atoms. The van der Waals surface area contributed by atoms with Crippen molar-refractivity contribution < 1.29 is 19.0 Å². The number of halogens is 2. The maximum absolute atomic E-state index is 13.9. The van der Waals surface area contributed by atoms with Crippen LogP contribution in [0.2, 0.25) is 0 Å². The molecule has 3 rings (SSSR count). The van der Waals surface area contributed by atoms with Crippen molar-refractivity contribution in [3.8, 4) is 0 Å². The molecule has 0 fully saturated rings. The van der Waals surface area contributed by atoms with Crippen molar-refractivity contribution in [2.75, 3.05) is 0 Å². The molecule has 7 nitrogen and oxygen atoms in total. The summed E-state index contributed by atoms with van der Waals surface area (Å²) < 4.78 is 21.6. The number of benzene rings is 1. The zero-order chi connectivity index (χ0) is 16.6. The smallest absolute Gasteiger partial charge is 0.450 e. The van der Waals surface area contributed by atoms with Gasteiger partial charge < -0.3 is 9.84 Å². The molecule has 1 aliphatic rings. The van der Waals surface area contributed by atoms with Gasteiger partial charge in [0.05, 0.1) is 6.54 Å². The molecule has 0 aliphatic carbocycles. The highest BCUT2D eigenvalue weighted by Crippen LogP contribution is 2.23. The number of rotatable bonds is 3. The molecule has 2 heterocycles. The summed E-state index contributed by atoms with van der Waals surface area (Å²) in [6.07, 6.45) is -0.697. The van der Waals surface area contributed by atoms with E-state index in [1.54, 1.807) is 12.1 Å². The number of ether oxygens (including phenoxy) is 1. The molecule has 1 aliphatic heterocycles. The summed E-state index contributed by atoms with van der Waals surface area (Å²) in [5.74, 6) is 0.000558. The normalized spacial score (nSPS) is 16.9. The van der Waals surface area contributed by atoms with Crippen LogP contribution in [0.4, 0.5) is 9.18 Å². The Morgan fingerprint density at radius 2 is 2.30 bits per heavy atom. The van der Waals surface area contributed by atoms with Crippen LogP contribution in [-0.2, 0) is 17.7 Å². The molecular formula is C14H13BrFN3O4. The summed E-state index contributed by atoms with van der Waals surface area (Å²) in [7, 11) is 0. The molecule has 9 heteroatoms. The minimum Gasteiger partial charge on any atom is -0.450 e. The topological polar surface area (TPSA) is 86.3 Å². The Morgan fingerprint density at radius 1 is 1.52 bits per heavy atom. The molecule has 2 aromatic rings. The molecule has 1 aromatic heterocycles. The Balaban J connectivity index is 1.95. The SMILES string of the molecule is O=C(O)O[C@H]1CCCc2nn(Cc3ccc(Br)cc3F)c(=O)n21. The van der Waals surface area contributed by atoms with E-state index in [1.165, 1.54) is 10.6 Å². The van der Waals surface area contributed by atoms with Crippen molar-refractivity contribution in [2.45, 2.75) is 32.0 Å². The molecule has 1 N–H and O–H groups in total. The standard InChI is InChI=1S/C14H13BrFN3O4/c15-9-5-4-8(10(16)6-9)7-18-13(20)19-11(17-18)2-1-3-12(19)23-14(21)22/h4-6,12H,1-3,7H2,(H,21,22)/t12-/m0/s1. The summed E-state index contributed by atoms with van der Waals surface area (Å²) in [6, 6.07) is 4.55. The second-order valence-corrected chi connectivity index (χ2v) is 6.11. The Morgan fingerprint density at radius 3 is 3.00 bits per heavy atom. The van der Waals surface area contributed by atoms with Crippen molar-refractivity contribution in [1.29, 1.82) is 0 Å². The van der Waals surface area contributed by atoms with Gasteiger partial charge in [0.15, 0.2) is 6.23 Å². The summed E-state index contributed by atoms with van der Waals surface area (Å²) >= 11 is 3.17. The van der Waals surface area contributed by atoms with Crippen LogP contribution in [0, 0.1) is 5.82 Å². The van der Waals surface area contributed by atoms with Crippen molar-refractivity contribution in [3.05, 3.63) is 50.4 Å². The Hall–Kier alpha value is -2.16. The number of hydrogen-bond donors (Lipinski definition) is 1. The Kier molecular flexibility index (Phi) is 4.20. The second-order valence-electron chi connectivity index (χ2n) is 5.19. The summed E-state index contributed by atoms with van der Waals surface area (Å²) in [4.78, 5) is 23.2. The first kappa shape index (κ1) is 15.7. The molecule has 0 unspecified atom stereocenters. The minimum atomic E-state index is -1.44. The van der Waals surface area contributed by atoms with Gasteiger partial charge in [-0.15, -0.1) is 0 Å². The Bertz CT molecular complexity index is 817. The zero-order valence-corrected chi connectivity index (χ0v) is 13.5. The second kappa shape index (κ2) is 6.15. The van der Waals surface area contributed by atoms with Gasteiger partial charge in [-0.25, -0.2) is 23.2 Å². The molecule has 0 radical (unpaired) electrons. The van der Waals surface area contributed by atoms with Crippen LogP contribution in [-0.4, -0.2) is 25.6 Å². The summed E-state index contributed by atoms with van der Waals surface area (Å²) in [5, 5.41) is 13.0. The lowest BCUT2D eigenvalue weighted by Gasteiger charge is -2.21. The van der Waals surface area contributed by atoms with Crippen LogP contribution in [0.3, 0.4) is 0 Å². The van der Waals surface area contributed by atoms with E-state index in [-0.39, 0.29) is 6.54 Å². The van der Waals surface area contributed by atoms with Crippen molar-refractivity contribution in [1.82, 2.24) is 14.3 Å². The molecule has 0 bridgehead atoms. The average molecular weight is 386 g/mol. The number of aryl methyl sites for hydroxylation is 1. The van der Waals surface area contributed by atoms with Crippen LogP contribution < -0.4 is 5.69 Å². The molecule has 1 atom stereocenters. The van der Waals surface area contributed by atoms with E-state index < -0.39 is 23.9 Å². The van der Waals surface area contributed by atoms with Crippen LogP contribution in [0.5, 0.6) is 0 Å². The maximum atomic E-state index is 13.9. The molecular weight excluding hydrogens is 373 g/mol. The van der Waals surface area contributed by atoms with Crippen molar-refractivity contribution in [2.24, 2.45) is 0 Å². The minimum absolute atomic E-state index is 0.0300. The lowest BCUT2D eigenvalue weighted by Crippen LogP contribution is -2.33. The quantitative estimate of drug-likeness (QED) is 0.820. The highest BCUT2D eigenvalue weighted by molar-refractivity contribution is 9.10. The van der Waals surface area contributed by atoms with E-state index in [0.717, 1.165) is 4.68 Å². The van der Waals surface area contributed by atoms with Gasteiger partial charge in [0, 0.05) is 22.9 Å². The van der Waals surface area contributed by atoms with Gasteiger partial charge in [-0.3, -0.25) is 0 Å². The number of hydrogen-bond acceptors (Lipinski definition) is 4. The number of fused-ring (bicyclic) bond motifs is 1. The third kappa shape index (κ3) is 3.14. The Labute approximate surface area is 138 Å². The fraction of sp³-hybridized carbons (Fsp3) is 0.357. The van der Waals surface area contributed by atoms with Gasteiger partial charge in [0.25, 0.3) is 0 Å². The van der Waals surface area contributed by atoms with Crippen LogP contribution >= 0.6 is 15.9 Å². The van der Waals surface area contributed by atoms with Gasteiger partial charge in [0.2, 0.25) is 0 Å². The number of nitrogens with zero attached hydrogens (tertiary/aromatic N) is 3. The van der Waals surface area contributed by atoms with Gasteiger partial charge in [-0.2, -0.15) is 5.10 Å². The molecule has 122 valence electrons. The van der Waals surface area contributed by atoms with Crippen molar-refractivity contribution in [3.63, 3.8) is 0 Å². The fourth-order valence-electron chi connectivity index (χ4n) is 2.63. The predicted molar refractivity (Wildman–Crippen MR) is 80.8 cm³/mol. The number of carboxylic acid groups (broad SMARTS) is 1. The first-order chi connectivity index (χ1) is 11.0. The van der Waals surface area contributed by atoms with Gasteiger partial charge in [-0.1, -0.05) is 22.0 Å². The van der Waals surface area contributed by atoms with Gasteiger partial charge in [-0.05, 0) is 18.6 Å². The third-order valence-corrected chi connectivity index (χ3v) is 4.15. The fourth-order valence-corrected chi connectivity index (χ4v) is 2.96. The van der Waals surface area contributed by atoms with E-state index in [4.69, 9.17) is 9.84 Å². The van der Waals surface area contributed by atoms with Gasteiger partial charge >= 0.3 is 11.8 Å². The predicted octanol–water partition coefficient (Wildman–Crippen LogP) is 2.52. The molecule has 0 amide bonds. The molecule has 1 aromatic carbocycles. The summed E-state index contributed by atoms with van der Waals surface area (Å²) in [5.41, 5.74) is -0.185. The van der Waals surface area contributed by atoms with Crippen molar-refractivity contribution >= 4 is 22.1 Å². The zero-order valence-electron chi connectivity index (χ0n) is 11.9. The molecule has 0 saturated carbocycles. The first-order valence-electron chi connectivity index (χ1n) is 6.97. The van der Waals surface area contributed by atoms with Crippen LogP contribution in [0.15, 0.2) is 27.5 Å². The largest absolute Gasteiger partial charge is 0.507 e. The van der Waals surface area contributed by atoms with E-state index >= 15 is 0 Å². The van der Waals surface area contributed by atoms with E-state index in [2.05, 4.69) is 21.0 Å². The highest BCUT2D eigenvalue weighted by Gasteiger charge is 2.28. The average Bonchev–Trinajstić information content (AvgIpc) is 2.79.